The maximum Gasteiger partial charge on any atom is 0.130 e. The van der Waals surface area contributed by atoms with Crippen molar-refractivity contribution >= 4 is 5.83 Å². The van der Waals surface area contributed by atoms with E-state index in [9.17, 15) is 4.39 Å². The summed E-state index contributed by atoms with van der Waals surface area (Å²) in [5, 5.41) is 0. The normalized spacial score (nSPS) is 11.3. The molecule has 62 valence electrons. The average molecular weight is 162 g/mol. The van der Waals surface area contributed by atoms with Crippen molar-refractivity contribution < 1.29 is 4.39 Å². The molecular weight excluding hydrogens is 151 g/mol. The Hall–Kier alpha value is -1.37. The van der Waals surface area contributed by atoms with Crippen LogP contribution in [0.4, 0.5) is 4.39 Å². The van der Waals surface area contributed by atoms with Crippen molar-refractivity contribution in [3.05, 3.63) is 54.1 Å². The minimum absolute atomic E-state index is 0.233. The second-order valence-corrected chi connectivity index (χ2v) is 2.57. The average Bonchev–Trinajstić information content (AvgIpc) is 2.05. The van der Waals surface area contributed by atoms with Gasteiger partial charge in [-0.2, -0.15) is 0 Å². The predicted molar refractivity (Wildman–Crippen MR) is 50.5 cm³/mol. The van der Waals surface area contributed by atoms with Crippen molar-refractivity contribution in [2.75, 3.05) is 0 Å². The molecule has 1 heteroatoms. The van der Waals surface area contributed by atoms with Gasteiger partial charge in [0.15, 0.2) is 0 Å². The summed E-state index contributed by atoms with van der Waals surface area (Å²) in [5.74, 6) is -0.233. The van der Waals surface area contributed by atoms with Crippen LogP contribution in [0.2, 0.25) is 0 Å². The fourth-order valence-electron chi connectivity index (χ4n) is 1.03. The number of allylic oxidation sites excluding steroid dienone is 2. The van der Waals surface area contributed by atoms with E-state index in [-0.39, 0.29) is 5.83 Å². The Balaban J connectivity index is 3.10. The maximum absolute atomic E-state index is 13.2. The van der Waals surface area contributed by atoms with E-state index < -0.39 is 0 Å². The molecule has 0 N–H and O–H groups in total. The predicted octanol–water partition coefficient (Wildman–Crippen LogP) is 3.49. The van der Waals surface area contributed by atoms with Gasteiger partial charge in [0.1, 0.15) is 5.83 Å². The van der Waals surface area contributed by atoms with E-state index in [0.717, 1.165) is 5.56 Å². The Kier molecular flexibility index (Phi) is 2.81. The van der Waals surface area contributed by atoms with Gasteiger partial charge in [-0.05, 0) is 18.6 Å². The zero-order valence-electron chi connectivity index (χ0n) is 7.05. The highest BCUT2D eigenvalue weighted by Gasteiger charge is 2.00. The molecule has 0 heterocycles. The first kappa shape index (κ1) is 8.72. The molecule has 1 aromatic carbocycles. The van der Waals surface area contributed by atoms with Gasteiger partial charge < -0.3 is 0 Å². The van der Waals surface area contributed by atoms with E-state index in [1.807, 2.05) is 25.1 Å². The van der Waals surface area contributed by atoms with Crippen LogP contribution < -0.4 is 0 Å². The summed E-state index contributed by atoms with van der Waals surface area (Å²) in [6, 6.07) is 7.34. The zero-order valence-corrected chi connectivity index (χ0v) is 7.05. The van der Waals surface area contributed by atoms with Crippen LogP contribution in [0.3, 0.4) is 0 Å². The van der Waals surface area contributed by atoms with Crippen LogP contribution in [0.5, 0.6) is 0 Å². The second-order valence-electron chi connectivity index (χ2n) is 2.57. The third-order valence-electron chi connectivity index (χ3n) is 1.67. The number of halogens is 1. The molecule has 12 heavy (non-hydrogen) atoms. The lowest BCUT2D eigenvalue weighted by molar-refractivity contribution is 0.759. The van der Waals surface area contributed by atoms with Gasteiger partial charge >= 0.3 is 0 Å². The third-order valence-corrected chi connectivity index (χ3v) is 1.67. The van der Waals surface area contributed by atoms with Gasteiger partial charge in [-0.1, -0.05) is 36.9 Å². The van der Waals surface area contributed by atoms with E-state index in [0.29, 0.717) is 5.56 Å². The first-order chi connectivity index (χ1) is 5.75. The molecule has 0 saturated heterocycles. The third kappa shape index (κ3) is 1.82. The Labute approximate surface area is 72.0 Å². The molecule has 0 aliphatic rings. The maximum atomic E-state index is 13.2. The number of hydrogen-bond acceptors (Lipinski definition) is 0. The van der Waals surface area contributed by atoms with Crippen LogP contribution in [-0.2, 0) is 0 Å². The van der Waals surface area contributed by atoms with Gasteiger partial charge in [-0.3, -0.25) is 0 Å². The van der Waals surface area contributed by atoms with Crippen LogP contribution in [-0.4, -0.2) is 0 Å². The van der Waals surface area contributed by atoms with Gasteiger partial charge in [0, 0.05) is 5.56 Å². The molecule has 0 bridgehead atoms. The molecule has 0 aliphatic heterocycles. The van der Waals surface area contributed by atoms with E-state index in [2.05, 4.69) is 6.58 Å². The van der Waals surface area contributed by atoms with Crippen LogP contribution >= 0.6 is 0 Å². The van der Waals surface area contributed by atoms with Gasteiger partial charge in [0.2, 0.25) is 0 Å². The van der Waals surface area contributed by atoms with Gasteiger partial charge in [-0.15, -0.1) is 0 Å². The number of hydrogen-bond donors (Lipinski definition) is 0. The highest BCUT2D eigenvalue weighted by molar-refractivity contribution is 5.63. The molecule has 1 aromatic rings. The summed E-state index contributed by atoms with van der Waals surface area (Å²) in [6.07, 6.45) is 2.81. The second kappa shape index (κ2) is 3.86. The number of aryl methyl sites for hydroxylation is 1. The first-order valence-electron chi connectivity index (χ1n) is 3.80. The van der Waals surface area contributed by atoms with Crippen molar-refractivity contribution in [1.29, 1.82) is 0 Å². The molecular formula is C11H11F. The molecule has 0 nitrogen and oxygen atoms in total. The zero-order chi connectivity index (χ0) is 8.97. The van der Waals surface area contributed by atoms with Crippen molar-refractivity contribution in [2.24, 2.45) is 0 Å². The van der Waals surface area contributed by atoms with Crippen LogP contribution in [0.1, 0.15) is 11.1 Å². The standard InChI is InChI=1S/C11H11F/c1-3-6-11(12)10-8-5-4-7-9(10)2/h3-8H,1H2,2H3/b11-6+. The summed E-state index contributed by atoms with van der Waals surface area (Å²) in [6.45, 7) is 5.32. The Bertz CT molecular complexity index is 311. The van der Waals surface area contributed by atoms with Crippen molar-refractivity contribution in [2.45, 2.75) is 6.92 Å². The molecule has 0 radical (unpaired) electrons. The van der Waals surface area contributed by atoms with Crippen molar-refractivity contribution in [3.8, 4) is 0 Å². The minimum Gasteiger partial charge on any atom is -0.206 e. The lowest BCUT2D eigenvalue weighted by Gasteiger charge is -2.00. The van der Waals surface area contributed by atoms with Gasteiger partial charge in [0.05, 0.1) is 0 Å². The molecule has 0 aromatic heterocycles. The summed E-state index contributed by atoms with van der Waals surface area (Å²) in [5.41, 5.74) is 1.57. The quantitative estimate of drug-likeness (QED) is 0.584. The van der Waals surface area contributed by atoms with Crippen LogP contribution in [0.15, 0.2) is 43.0 Å². The smallest absolute Gasteiger partial charge is 0.130 e. The summed E-state index contributed by atoms with van der Waals surface area (Å²) in [4.78, 5) is 0. The largest absolute Gasteiger partial charge is 0.206 e. The fourth-order valence-corrected chi connectivity index (χ4v) is 1.03. The van der Waals surface area contributed by atoms with Crippen molar-refractivity contribution in [3.63, 3.8) is 0 Å². The highest BCUT2D eigenvalue weighted by atomic mass is 19.1. The molecule has 0 spiro atoms. The molecule has 0 fully saturated rings. The van der Waals surface area contributed by atoms with E-state index >= 15 is 0 Å². The Morgan fingerprint density at radius 1 is 1.42 bits per heavy atom. The summed E-state index contributed by atoms with van der Waals surface area (Å²) >= 11 is 0. The van der Waals surface area contributed by atoms with E-state index in [4.69, 9.17) is 0 Å². The van der Waals surface area contributed by atoms with Gasteiger partial charge in [0.25, 0.3) is 0 Å². The first-order valence-corrected chi connectivity index (χ1v) is 3.80. The van der Waals surface area contributed by atoms with E-state index in [1.54, 1.807) is 6.07 Å². The lowest BCUT2D eigenvalue weighted by Crippen LogP contribution is -1.82. The number of benzene rings is 1. The monoisotopic (exact) mass is 162 g/mol. The SMILES string of the molecule is C=C/C=C(/F)c1ccccc1C. The number of rotatable bonds is 2. The van der Waals surface area contributed by atoms with Gasteiger partial charge in [-0.25, -0.2) is 4.39 Å². The topological polar surface area (TPSA) is 0 Å². The van der Waals surface area contributed by atoms with E-state index in [1.165, 1.54) is 12.2 Å². The molecule has 0 unspecified atom stereocenters. The van der Waals surface area contributed by atoms with Crippen molar-refractivity contribution in [1.82, 2.24) is 0 Å². The van der Waals surface area contributed by atoms with Crippen LogP contribution in [0, 0.1) is 6.92 Å². The fraction of sp³-hybridized carbons (Fsp3) is 0.0909. The molecule has 0 atom stereocenters. The molecule has 0 amide bonds. The lowest BCUT2D eigenvalue weighted by atomic mass is 10.1. The highest BCUT2D eigenvalue weighted by Crippen LogP contribution is 2.19. The Morgan fingerprint density at radius 3 is 2.67 bits per heavy atom. The summed E-state index contributed by atoms with van der Waals surface area (Å²) < 4.78 is 13.2. The Morgan fingerprint density at radius 2 is 2.08 bits per heavy atom. The molecule has 0 saturated carbocycles. The van der Waals surface area contributed by atoms with Crippen LogP contribution in [0.25, 0.3) is 5.83 Å². The minimum atomic E-state index is -0.233. The molecule has 0 aliphatic carbocycles. The summed E-state index contributed by atoms with van der Waals surface area (Å²) in [7, 11) is 0. The molecule has 1 rings (SSSR count).